The van der Waals surface area contributed by atoms with Crippen LogP contribution >= 0.6 is 0 Å². The average Bonchev–Trinajstić information content (AvgIpc) is 3.85. The summed E-state index contributed by atoms with van der Waals surface area (Å²) in [5.41, 5.74) is 2.22. The van der Waals surface area contributed by atoms with Crippen LogP contribution < -0.4 is 20.3 Å². The number of carbonyl (C=O) groups is 4. The zero-order valence-electron chi connectivity index (χ0n) is 36.0. The van der Waals surface area contributed by atoms with Gasteiger partial charge in [-0.05, 0) is 99.1 Å². The van der Waals surface area contributed by atoms with Gasteiger partial charge in [0.2, 0.25) is 23.5 Å². The molecule has 0 spiro atoms. The van der Waals surface area contributed by atoms with E-state index in [-0.39, 0.29) is 41.9 Å². The van der Waals surface area contributed by atoms with E-state index in [0.717, 1.165) is 66.7 Å². The molecule has 2 aromatic carbocycles. The number of hydrogen-bond acceptors (Lipinski definition) is 11. The molecule has 3 atom stereocenters. The highest BCUT2D eigenvalue weighted by molar-refractivity contribution is 7.90. The predicted molar refractivity (Wildman–Crippen MR) is 240 cm³/mol. The van der Waals surface area contributed by atoms with E-state index in [4.69, 9.17) is 4.98 Å². The van der Waals surface area contributed by atoms with Crippen molar-refractivity contribution in [2.75, 3.05) is 61.3 Å². The number of carbonyl (C=O) groups excluding carboxylic acids is 4. The van der Waals surface area contributed by atoms with Gasteiger partial charge in [-0.2, -0.15) is 12.7 Å². The number of aromatic nitrogens is 3. The summed E-state index contributed by atoms with van der Waals surface area (Å²) in [6.07, 6.45) is 9.19. The zero-order valence-corrected chi connectivity index (χ0v) is 36.8. The van der Waals surface area contributed by atoms with Crippen molar-refractivity contribution in [3.63, 3.8) is 0 Å². The minimum Gasteiger partial charge on any atom is -0.374 e. The number of halogens is 2. The number of nitrogens with one attached hydrogen (secondary N) is 4. The van der Waals surface area contributed by atoms with E-state index < -0.39 is 44.9 Å². The Morgan fingerprint density at radius 3 is 2.31 bits per heavy atom. The number of piperazine rings is 1. The fraction of sp³-hybridized carbons (Fsp3) is 0.391. The number of amides is 3. The predicted octanol–water partition coefficient (Wildman–Crippen LogP) is 5.02. The van der Waals surface area contributed by atoms with Crippen molar-refractivity contribution in [1.29, 1.82) is 0 Å². The molecule has 16 nitrogen and oxygen atoms in total. The summed E-state index contributed by atoms with van der Waals surface area (Å²) in [4.78, 5) is 69.9. The van der Waals surface area contributed by atoms with Gasteiger partial charge in [-0.15, -0.1) is 0 Å². The van der Waals surface area contributed by atoms with E-state index in [0.29, 0.717) is 60.6 Å². The molecule has 4 saturated heterocycles. The smallest absolute Gasteiger partial charge is 0.301 e. The minimum absolute atomic E-state index is 0.0417. The second-order valence-corrected chi connectivity index (χ2v) is 19.1. The molecule has 65 heavy (non-hydrogen) atoms. The maximum Gasteiger partial charge on any atom is 0.301 e. The average molecular weight is 909 g/mol. The SMILES string of the molecule is CCN(C)S(=O)(=O)Nc1ccc(F)c(C(=O)c2c[nH]c3ncc(-c4ccc(N5CC6CCC(C5)N6C(=O)CN5CCC(c6ccc(NC7CCC(=O)NC7=O)cc6)CC5)nc4)cc23)c1F. The summed E-state index contributed by atoms with van der Waals surface area (Å²) in [7, 11) is -2.85. The topological polar surface area (TPSA) is 193 Å². The van der Waals surface area contributed by atoms with Crippen LogP contribution in [0.4, 0.5) is 26.0 Å². The molecule has 4 N–H and O–H groups in total. The van der Waals surface area contributed by atoms with E-state index in [9.17, 15) is 27.6 Å². The number of pyridine rings is 2. The van der Waals surface area contributed by atoms with Crippen molar-refractivity contribution in [2.45, 2.75) is 69.5 Å². The summed E-state index contributed by atoms with van der Waals surface area (Å²) >= 11 is 0. The van der Waals surface area contributed by atoms with Crippen molar-refractivity contribution >= 4 is 61.9 Å². The number of likely N-dealkylation sites (tertiary alicyclic amines) is 1. The first kappa shape index (κ1) is 43.9. The quantitative estimate of drug-likeness (QED) is 0.0917. The van der Waals surface area contributed by atoms with E-state index in [1.165, 1.54) is 18.8 Å². The highest BCUT2D eigenvalue weighted by Crippen LogP contribution is 2.35. The zero-order chi connectivity index (χ0) is 45.6. The molecule has 7 heterocycles. The largest absolute Gasteiger partial charge is 0.374 e. The first-order valence-electron chi connectivity index (χ1n) is 21.9. The Labute approximate surface area is 375 Å². The molecule has 340 valence electrons. The van der Waals surface area contributed by atoms with Crippen molar-refractivity contribution < 1.29 is 36.4 Å². The number of piperidine rings is 2. The van der Waals surface area contributed by atoms with Gasteiger partial charge >= 0.3 is 10.2 Å². The maximum atomic E-state index is 15.7. The summed E-state index contributed by atoms with van der Waals surface area (Å²) < 4.78 is 58.9. The molecule has 4 fully saturated rings. The summed E-state index contributed by atoms with van der Waals surface area (Å²) in [5, 5.41) is 5.94. The first-order valence-corrected chi connectivity index (χ1v) is 23.4. The third-order valence-corrected chi connectivity index (χ3v) is 14.8. The second-order valence-electron chi connectivity index (χ2n) is 17.3. The molecular formula is C46H50F2N10O6S. The molecular weight excluding hydrogens is 859 g/mol. The number of hydrogen-bond donors (Lipinski definition) is 4. The fourth-order valence-corrected chi connectivity index (χ4v) is 10.5. The molecule has 19 heteroatoms. The van der Waals surface area contributed by atoms with E-state index >= 15 is 8.78 Å². The van der Waals surface area contributed by atoms with Crippen LogP contribution in [-0.4, -0.2) is 125 Å². The summed E-state index contributed by atoms with van der Waals surface area (Å²) in [6, 6.07) is 15.2. The second kappa shape index (κ2) is 17.9. The lowest BCUT2D eigenvalue weighted by Crippen LogP contribution is -2.58. The Balaban J connectivity index is 0.802. The van der Waals surface area contributed by atoms with E-state index in [2.05, 4.69) is 52.2 Å². The van der Waals surface area contributed by atoms with Crippen LogP contribution in [0, 0.1) is 11.6 Å². The fourth-order valence-electron chi connectivity index (χ4n) is 9.53. The molecule has 3 amide bonds. The molecule has 3 unspecified atom stereocenters. The number of H-pyrrole nitrogens is 1. The molecule has 4 aliphatic rings. The molecule has 4 aliphatic heterocycles. The number of imide groups is 1. The molecule has 3 aromatic heterocycles. The third kappa shape index (κ3) is 8.91. The van der Waals surface area contributed by atoms with Crippen LogP contribution in [-0.2, 0) is 24.6 Å². The third-order valence-electron chi connectivity index (χ3n) is 13.3. The maximum absolute atomic E-state index is 15.7. The number of aromatic amines is 1. The number of anilines is 3. The van der Waals surface area contributed by atoms with Gasteiger partial charge in [-0.3, -0.25) is 34.1 Å². The highest BCUT2D eigenvalue weighted by atomic mass is 32.2. The number of rotatable bonds is 13. The van der Waals surface area contributed by atoms with Gasteiger partial charge < -0.3 is 20.1 Å². The Kier molecular flexibility index (Phi) is 12.1. The number of benzene rings is 2. The van der Waals surface area contributed by atoms with Crippen molar-refractivity contribution in [1.82, 2.24) is 34.4 Å². The standard InChI is InChI=1S/C46H50F2N10O6S/c1-3-55(2)65(63,64)54-37-12-11-36(47)42(43(37)48)44(61)35-23-51-45-34(35)20-30(22-50-45)29-6-14-39(49-21-29)57-24-32-9-10-33(25-57)58(32)41(60)26-56-18-16-28(17-19-56)27-4-7-31(8-5-27)52-38-13-15-40(59)53-46(38)62/h4-8,11-12,14,20-23,28,32-33,38,52,54H,3,9-10,13,15-19,24-26H2,1-2H3,(H,50,51)(H,53,59,62). The van der Waals surface area contributed by atoms with Gasteiger partial charge in [-0.25, -0.2) is 18.7 Å². The van der Waals surface area contributed by atoms with Gasteiger partial charge in [0.15, 0.2) is 5.82 Å². The van der Waals surface area contributed by atoms with Gasteiger partial charge in [0.1, 0.15) is 23.3 Å². The van der Waals surface area contributed by atoms with Gasteiger partial charge in [0.25, 0.3) is 0 Å². The highest BCUT2D eigenvalue weighted by Gasteiger charge is 2.43. The number of nitrogens with zero attached hydrogens (tertiary/aromatic N) is 6. The molecule has 0 aliphatic carbocycles. The molecule has 9 rings (SSSR count). The Morgan fingerprint density at radius 2 is 1.63 bits per heavy atom. The molecule has 5 aromatic rings. The Morgan fingerprint density at radius 1 is 0.908 bits per heavy atom. The van der Waals surface area contributed by atoms with Gasteiger partial charge in [0.05, 0.1) is 17.8 Å². The van der Waals surface area contributed by atoms with Gasteiger partial charge in [0, 0.05) is 91.5 Å². The lowest BCUT2D eigenvalue weighted by Gasteiger charge is -2.42. The van der Waals surface area contributed by atoms with Crippen molar-refractivity contribution in [3.8, 4) is 11.1 Å². The number of fused-ring (bicyclic) bond motifs is 3. The molecule has 0 radical (unpaired) electrons. The van der Waals surface area contributed by atoms with Crippen molar-refractivity contribution in [2.24, 2.45) is 0 Å². The van der Waals surface area contributed by atoms with Crippen LogP contribution in [0.2, 0.25) is 0 Å². The van der Waals surface area contributed by atoms with Gasteiger partial charge in [-0.1, -0.05) is 19.1 Å². The van der Waals surface area contributed by atoms with Crippen LogP contribution in [0.5, 0.6) is 0 Å². The Hall–Kier alpha value is -6.31. The number of ketones is 1. The monoisotopic (exact) mass is 908 g/mol. The van der Waals surface area contributed by atoms with Crippen LogP contribution in [0.25, 0.3) is 22.2 Å². The lowest BCUT2D eigenvalue weighted by molar-refractivity contribution is -0.136. The van der Waals surface area contributed by atoms with Crippen LogP contribution in [0.15, 0.2) is 73.2 Å². The normalized spacial score (nSPS) is 20.7. The first-order chi connectivity index (χ1) is 31.3. The molecule has 0 saturated carbocycles. The van der Waals surface area contributed by atoms with Crippen LogP contribution in [0.3, 0.4) is 0 Å². The summed E-state index contributed by atoms with van der Waals surface area (Å²) in [5.74, 6) is -2.66. The summed E-state index contributed by atoms with van der Waals surface area (Å²) in [6.45, 7) is 5.08. The van der Waals surface area contributed by atoms with Crippen molar-refractivity contribution in [3.05, 3.63) is 102 Å². The minimum atomic E-state index is -4.15. The van der Waals surface area contributed by atoms with E-state index in [1.54, 1.807) is 25.4 Å². The molecule has 2 bridgehead atoms. The lowest BCUT2D eigenvalue weighted by atomic mass is 9.89. The van der Waals surface area contributed by atoms with E-state index in [1.807, 2.05) is 24.3 Å². The Bertz CT molecular complexity index is 2750. The van der Waals surface area contributed by atoms with Crippen LogP contribution in [0.1, 0.15) is 72.9 Å².